The molecule has 1 aromatic carbocycles. The van der Waals surface area contributed by atoms with Gasteiger partial charge in [-0.25, -0.2) is 13.1 Å². The van der Waals surface area contributed by atoms with Crippen LogP contribution >= 0.6 is 0 Å². The van der Waals surface area contributed by atoms with Crippen LogP contribution in [0.4, 0.5) is 0 Å². The summed E-state index contributed by atoms with van der Waals surface area (Å²) in [5.74, 6) is 0. The second-order valence-corrected chi connectivity index (χ2v) is 7.25. The molecule has 0 aliphatic carbocycles. The van der Waals surface area contributed by atoms with Crippen molar-refractivity contribution >= 4 is 10.0 Å². The molecule has 0 spiro atoms. The zero-order valence-electron chi connectivity index (χ0n) is 12.5. The number of hydrogen-bond donors (Lipinski definition) is 2. The summed E-state index contributed by atoms with van der Waals surface area (Å²) in [6.07, 6.45) is 2.84. The summed E-state index contributed by atoms with van der Waals surface area (Å²) in [6.45, 7) is 5.06. The summed E-state index contributed by atoms with van der Waals surface area (Å²) >= 11 is 0. The van der Waals surface area contributed by atoms with Crippen molar-refractivity contribution in [3.8, 4) is 0 Å². The lowest BCUT2D eigenvalue weighted by atomic mass is 10.1. The summed E-state index contributed by atoms with van der Waals surface area (Å²) in [5.41, 5.74) is 0.710. The van der Waals surface area contributed by atoms with E-state index in [4.69, 9.17) is 5.11 Å². The minimum absolute atomic E-state index is 0.0145. The van der Waals surface area contributed by atoms with Gasteiger partial charge < -0.3 is 10.0 Å². The van der Waals surface area contributed by atoms with Crippen molar-refractivity contribution in [1.82, 2.24) is 9.62 Å². The molecule has 0 amide bonds. The highest BCUT2D eigenvalue weighted by Crippen LogP contribution is 2.16. The lowest BCUT2D eigenvalue weighted by molar-refractivity contribution is 0.208. The fraction of sp³-hybridized carbons (Fsp3) is 0.600. The Morgan fingerprint density at radius 3 is 2.38 bits per heavy atom. The fourth-order valence-corrected chi connectivity index (χ4v) is 3.96. The first-order valence-corrected chi connectivity index (χ1v) is 8.98. The Balaban J connectivity index is 1.95. The van der Waals surface area contributed by atoms with E-state index in [0.717, 1.165) is 38.9 Å². The molecule has 0 aromatic heterocycles. The number of rotatable bonds is 6. The number of benzene rings is 1. The van der Waals surface area contributed by atoms with E-state index in [-0.39, 0.29) is 17.5 Å². The highest BCUT2D eigenvalue weighted by molar-refractivity contribution is 7.89. The van der Waals surface area contributed by atoms with E-state index in [0.29, 0.717) is 5.56 Å². The third-order valence-corrected chi connectivity index (χ3v) is 5.40. The average molecular weight is 312 g/mol. The topological polar surface area (TPSA) is 69.6 Å². The summed E-state index contributed by atoms with van der Waals surface area (Å²) in [7, 11) is -3.46. The number of hydrogen-bond acceptors (Lipinski definition) is 4. The molecule has 2 N–H and O–H groups in total. The highest BCUT2D eigenvalue weighted by atomic mass is 32.2. The molecular weight excluding hydrogens is 288 g/mol. The van der Waals surface area contributed by atoms with Crippen LogP contribution in [0.15, 0.2) is 29.2 Å². The number of nitrogens with one attached hydrogen (secondary N) is 1. The van der Waals surface area contributed by atoms with Crippen molar-refractivity contribution in [2.45, 2.75) is 43.7 Å². The number of aliphatic hydroxyl groups is 1. The van der Waals surface area contributed by atoms with Gasteiger partial charge in [0.1, 0.15) is 0 Å². The van der Waals surface area contributed by atoms with Crippen molar-refractivity contribution < 1.29 is 13.5 Å². The Morgan fingerprint density at radius 2 is 1.86 bits per heavy atom. The molecule has 1 aliphatic rings. The van der Waals surface area contributed by atoms with E-state index in [1.165, 1.54) is 0 Å². The highest BCUT2D eigenvalue weighted by Gasteiger charge is 2.24. The van der Waals surface area contributed by atoms with Gasteiger partial charge >= 0.3 is 0 Å². The summed E-state index contributed by atoms with van der Waals surface area (Å²) < 4.78 is 27.4. The summed E-state index contributed by atoms with van der Waals surface area (Å²) in [5, 5.41) is 8.99. The van der Waals surface area contributed by atoms with Gasteiger partial charge in [0.05, 0.1) is 11.5 Å². The Kier molecular flexibility index (Phi) is 5.75. The monoisotopic (exact) mass is 312 g/mol. The third kappa shape index (κ3) is 4.51. The second kappa shape index (κ2) is 7.35. The molecule has 0 saturated carbocycles. The van der Waals surface area contributed by atoms with Crippen LogP contribution in [-0.4, -0.2) is 44.1 Å². The lowest BCUT2D eigenvalue weighted by Gasteiger charge is -2.31. The molecular formula is C15H24N2O3S. The quantitative estimate of drug-likeness (QED) is 0.831. The molecule has 0 atom stereocenters. The van der Waals surface area contributed by atoms with Crippen LogP contribution in [0.3, 0.4) is 0 Å². The predicted octanol–water partition coefficient (Wildman–Crippen LogP) is 1.33. The summed E-state index contributed by atoms with van der Waals surface area (Å²) in [4.78, 5) is 2.64. The maximum absolute atomic E-state index is 12.3. The van der Waals surface area contributed by atoms with E-state index >= 15 is 0 Å². The van der Waals surface area contributed by atoms with E-state index in [1.807, 2.05) is 0 Å². The molecule has 2 rings (SSSR count). The number of piperidine rings is 1. The molecule has 6 heteroatoms. The number of nitrogens with zero attached hydrogens (tertiary/aromatic N) is 1. The molecule has 21 heavy (non-hydrogen) atoms. The molecule has 1 saturated heterocycles. The molecule has 1 aliphatic heterocycles. The van der Waals surface area contributed by atoms with Crippen molar-refractivity contribution in [2.24, 2.45) is 0 Å². The zero-order valence-corrected chi connectivity index (χ0v) is 13.3. The molecule has 118 valence electrons. The van der Waals surface area contributed by atoms with E-state index in [2.05, 4.69) is 16.5 Å². The first-order chi connectivity index (χ1) is 10.0. The van der Waals surface area contributed by atoms with Crippen LogP contribution in [0.5, 0.6) is 0 Å². The van der Waals surface area contributed by atoms with Gasteiger partial charge in [-0.05, 0) is 56.6 Å². The predicted molar refractivity (Wildman–Crippen MR) is 82.4 cm³/mol. The summed E-state index contributed by atoms with van der Waals surface area (Å²) in [6, 6.07) is 6.37. The first-order valence-electron chi connectivity index (χ1n) is 7.49. The van der Waals surface area contributed by atoms with Crippen LogP contribution in [0.1, 0.15) is 31.7 Å². The lowest BCUT2D eigenvalue weighted by Crippen LogP contribution is -2.44. The SMILES string of the molecule is CCCN1CCC(NS(=O)(=O)c2ccc(CO)cc2)CC1. The molecule has 5 nitrogen and oxygen atoms in total. The smallest absolute Gasteiger partial charge is 0.240 e. The maximum Gasteiger partial charge on any atom is 0.240 e. The van der Waals surface area contributed by atoms with Crippen LogP contribution in [0.2, 0.25) is 0 Å². The number of sulfonamides is 1. The number of aliphatic hydroxyl groups excluding tert-OH is 1. The normalized spacial score (nSPS) is 18.0. The zero-order chi connectivity index (χ0) is 15.3. The minimum Gasteiger partial charge on any atom is -0.392 e. The van der Waals surface area contributed by atoms with Gasteiger partial charge in [-0.3, -0.25) is 0 Å². The Labute approximate surface area is 127 Å². The van der Waals surface area contributed by atoms with Crippen molar-refractivity contribution in [3.63, 3.8) is 0 Å². The average Bonchev–Trinajstić information content (AvgIpc) is 2.49. The van der Waals surface area contributed by atoms with E-state index in [1.54, 1.807) is 24.3 Å². The molecule has 1 heterocycles. The molecule has 0 unspecified atom stereocenters. The Morgan fingerprint density at radius 1 is 1.24 bits per heavy atom. The van der Waals surface area contributed by atoms with Crippen LogP contribution < -0.4 is 4.72 Å². The Bertz CT molecular complexity index is 535. The second-order valence-electron chi connectivity index (χ2n) is 5.54. The molecule has 1 fully saturated rings. The van der Waals surface area contributed by atoms with Crippen molar-refractivity contribution in [3.05, 3.63) is 29.8 Å². The van der Waals surface area contributed by atoms with Gasteiger partial charge in [-0.2, -0.15) is 0 Å². The third-order valence-electron chi connectivity index (χ3n) is 3.87. The van der Waals surface area contributed by atoms with E-state index in [9.17, 15) is 8.42 Å². The molecule has 1 aromatic rings. The standard InChI is InChI=1S/C15H24N2O3S/c1-2-9-17-10-7-14(8-11-17)16-21(19,20)15-5-3-13(12-18)4-6-15/h3-6,14,16,18H,2,7-12H2,1H3. The minimum atomic E-state index is -3.46. The van der Waals surface area contributed by atoms with Gasteiger partial charge in [-0.1, -0.05) is 19.1 Å². The first kappa shape index (κ1) is 16.4. The van der Waals surface area contributed by atoms with Crippen LogP contribution in [0.25, 0.3) is 0 Å². The van der Waals surface area contributed by atoms with Gasteiger partial charge in [0.15, 0.2) is 0 Å². The van der Waals surface area contributed by atoms with Crippen molar-refractivity contribution in [2.75, 3.05) is 19.6 Å². The molecule has 0 bridgehead atoms. The van der Waals surface area contributed by atoms with Crippen molar-refractivity contribution in [1.29, 1.82) is 0 Å². The molecule has 0 radical (unpaired) electrons. The largest absolute Gasteiger partial charge is 0.392 e. The van der Waals surface area contributed by atoms with Gasteiger partial charge in [0.2, 0.25) is 10.0 Å². The van der Waals surface area contributed by atoms with E-state index < -0.39 is 10.0 Å². The van der Waals surface area contributed by atoms with Crippen LogP contribution in [-0.2, 0) is 16.6 Å². The maximum atomic E-state index is 12.3. The van der Waals surface area contributed by atoms with Gasteiger partial charge in [-0.15, -0.1) is 0 Å². The van der Waals surface area contributed by atoms with Gasteiger partial charge in [0, 0.05) is 6.04 Å². The van der Waals surface area contributed by atoms with Crippen LogP contribution in [0, 0.1) is 0 Å². The fourth-order valence-electron chi connectivity index (χ4n) is 2.65. The number of likely N-dealkylation sites (tertiary alicyclic amines) is 1. The van der Waals surface area contributed by atoms with Gasteiger partial charge in [0.25, 0.3) is 0 Å². The Hall–Kier alpha value is -0.950.